The molecule has 1 N–H and O–H groups in total. The minimum Gasteiger partial charge on any atom is -0.464 e. The molecule has 2 heterocycles. The van der Waals surface area contributed by atoms with Crippen LogP contribution >= 0.6 is 11.8 Å². The summed E-state index contributed by atoms with van der Waals surface area (Å²) < 4.78 is 5.77. The van der Waals surface area contributed by atoms with Crippen LogP contribution in [0.5, 0.6) is 0 Å². The van der Waals surface area contributed by atoms with Gasteiger partial charge in [-0.25, -0.2) is 0 Å². The molecule has 1 aromatic rings. The number of hydrogen-bond donors (Lipinski definition) is 1. The van der Waals surface area contributed by atoms with Crippen LogP contribution in [0.4, 0.5) is 0 Å². The topological polar surface area (TPSA) is 28.4 Å². The summed E-state index contributed by atoms with van der Waals surface area (Å²) in [5.74, 6) is 3.09. The Morgan fingerprint density at radius 3 is 2.74 bits per heavy atom. The Morgan fingerprint density at radius 2 is 2.00 bits per heavy atom. The summed E-state index contributed by atoms with van der Waals surface area (Å²) in [7, 11) is 0. The van der Waals surface area contributed by atoms with Crippen molar-refractivity contribution in [3.63, 3.8) is 0 Å². The summed E-state index contributed by atoms with van der Waals surface area (Å²) in [6.45, 7) is 6.79. The van der Waals surface area contributed by atoms with Gasteiger partial charge in [-0.15, -0.1) is 0 Å². The van der Waals surface area contributed by atoms with Crippen LogP contribution in [0.3, 0.4) is 0 Å². The van der Waals surface area contributed by atoms with Gasteiger partial charge in [-0.3, -0.25) is 0 Å². The largest absolute Gasteiger partial charge is 0.464 e. The molecule has 0 aliphatic carbocycles. The van der Waals surface area contributed by atoms with Crippen molar-refractivity contribution in [3.8, 4) is 0 Å². The number of rotatable bonds is 7. The summed E-state index contributed by atoms with van der Waals surface area (Å²) in [5.41, 5.74) is 0. The molecule has 1 aliphatic heterocycles. The third-order valence-corrected chi connectivity index (χ3v) is 4.18. The van der Waals surface area contributed by atoms with Crippen molar-refractivity contribution >= 4 is 11.8 Å². The molecule has 1 aliphatic rings. The number of hydrogen-bond acceptors (Lipinski definition) is 4. The van der Waals surface area contributed by atoms with E-state index in [1.165, 1.54) is 32.4 Å². The van der Waals surface area contributed by atoms with Crippen molar-refractivity contribution in [1.29, 1.82) is 0 Å². The van der Waals surface area contributed by atoms with Crippen molar-refractivity contribution in [1.82, 2.24) is 10.2 Å². The van der Waals surface area contributed by atoms with E-state index >= 15 is 0 Å². The number of likely N-dealkylation sites (tertiary alicyclic amines) is 1. The predicted molar refractivity (Wildman–Crippen MR) is 82.5 cm³/mol. The van der Waals surface area contributed by atoms with Gasteiger partial charge in [0.05, 0.1) is 12.3 Å². The molecule has 0 spiro atoms. The predicted octanol–water partition coefficient (Wildman–Crippen LogP) is 3.11. The Labute approximate surface area is 121 Å². The molecule has 1 fully saturated rings. The molecule has 1 atom stereocenters. The molecule has 0 saturated carbocycles. The summed E-state index contributed by atoms with van der Waals surface area (Å²) in [5, 5.41) is 3.56. The molecule has 19 heavy (non-hydrogen) atoms. The maximum Gasteiger partial charge on any atom is 0.118 e. The van der Waals surface area contributed by atoms with Crippen molar-refractivity contribution in [2.24, 2.45) is 0 Å². The summed E-state index contributed by atoms with van der Waals surface area (Å²) in [4.78, 5) is 2.57. The highest BCUT2D eigenvalue weighted by atomic mass is 32.2. The first kappa shape index (κ1) is 14.9. The van der Waals surface area contributed by atoms with Crippen molar-refractivity contribution < 1.29 is 4.42 Å². The molecule has 1 aromatic heterocycles. The zero-order valence-corrected chi connectivity index (χ0v) is 13.0. The Hall–Kier alpha value is -0.450. The first-order valence-corrected chi connectivity index (χ1v) is 8.69. The van der Waals surface area contributed by atoms with E-state index in [0.717, 1.165) is 30.4 Å². The van der Waals surface area contributed by atoms with E-state index in [1.54, 1.807) is 11.8 Å². The lowest BCUT2D eigenvalue weighted by Gasteiger charge is -2.29. The fourth-order valence-electron chi connectivity index (χ4n) is 2.61. The van der Waals surface area contributed by atoms with E-state index in [0.29, 0.717) is 6.04 Å². The second-order valence-electron chi connectivity index (χ2n) is 5.44. The van der Waals surface area contributed by atoms with Gasteiger partial charge in [-0.1, -0.05) is 6.42 Å². The minimum atomic E-state index is 0.521. The number of furan rings is 1. The third-order valence-electron chi connectivity index (χ3n) is 3.61. The number of thioether (sulfide) groups is 1. The van der Waals surface area contributed by atoms with E-state index in [-0.39, 0.29) is 0 Å². The fraction of sp³-hybridized carbons (Fsp3) is 0.733. The second kappa shape index (κ2) is 7.98. The zero-order valence-electron chi connectivity index (χ0n) is 12.2. The average Bonchev–Trinajstić information content (AvgIpc) is 2.86. The molecule has 0 bridgehead atoms. The van der Waals surface area contributed by atoms with E-state index in [1.807, 2.05) is 0 Å². The van der Waals surface area contributed by atoms with Crippen LogP contribution in [0.15, 0.2) is 16.5 Å². The number of nitrogens with zero attached hydrogens (tertiary/aromatic N) is 1. The van der Waals surface area contributed by atoms with Gasteiger partial charge >= 0.3 is 0 Å². The van der Waals surface area contributed by atoms with Crippen molar-refractivity contribution in [2.75, 3.05) is 25.9 Å². The van der Waals surface area contributed by atoms with Crippen LogP contribution < -0.4 is 5.32 Å². The highest BCUT2D eigenvalue weighted by molar-refractivity contribution is 7.97. The second-order valence-corrected chi connectivity index (χ2v) is 6.31. The van der Waals surface area contributed by atoms with Crippen molar-refractivity contribution in [3.05, 3.63) is 23.7 Å². The van der Waals surface area contributed by atoms with Crippen LogP contribution in [-0.2, 0) is 12.3 Å². The van der Waals surface area contributed by atoms with Crippen LogP contribution in [0.1, 0.15) is 37.7 Å². The number of nitrogens with one attached hydrogen (secondary N) is 1. The molecule has 0 radical (unpaired) electrons. The lowest BCUT2D eigenvalue weighted by molar-refractivity contribution is 0.207. The molecule has 1 unspecified atom stereocenters. The molecule has 108 valence electrons. The SMILES string of the molecule is CSCc1ccc(CNC(C)CN2CCCCC2)o1. The summed E-state index contributed by atoms with van der Waals surface area (Å²) >= 11 is 1.79. The van der Waals surface area contributed by atoms with Gasteiger partial charge < -0.3 is 14.6 Å². The maximum absolute atomic E-state index is 5.77. The van der Waals surface area contributed by atoms with E-state index in [9.17, 15) is 0 Å². The third kappa shape index (κ3) is 5.21. The lowest BCUT2D eigenvalue weighted by Crippen LogP contribution is -2.41. The fourth-order valence-corrected chi connectivity index (χ4v) is 3.05. The standard InChI is InChI=1S/C15H26N2OS/c1-13(11-17-8-4-3-5-9-17)16-10-14-6-7-15(18-14)12-19-2/h6-7,13,16H,3-5,8-12H2,1-2H3. The van der Waals surface area contributed by atoms with Gasteiger partial charge in [0, 0.05) is 12.6 Å². The number of piperidine rings is 1. The highest BCUT2D eigenvalue weighted by Gasteiger charge is 2.13. The van der Waals surface area contributed by atoms with Gasteiger partial charge in [0.25, 0.3) is 0 Å². The molecular weight excluding hydrogens is 256 g/mol. The van der Waals surface area contributed by atoms with Crippen LogP contribution in [0, 0.1) is 0 Å². The molecule has 3 nitrogen and oxygen atoms in total. The normalized spacial score (nSPS) is 18.6. The van der Waals surface area contributed by atoms with Gasteiger partial charge in [0.2, 0.25) is 0 Å². The Morgan fingerprint density at radius 1 is 1.26 bits per heavy atom. The van der Waals surface area contributed by atoms with E-state index < -0.39 is 0 Å². The Kier molecular flexibility index (Phi) is 6.28. The van der Waals surface area contributed by atoms with Gasteiger partial charge in [-0.05, 0) is 51.2 Å². The van der Waals surface area contributed by atoms with E-state index in [4.69, 9.17) is 4.42 Å². The molecule has 0 amide bonds. The molecule has 2 rings (SSSR count). The maximum atomic E-state index is 5.77. The zero-order chi connectivity index (χ0) is 13.5. The minimum absolute atomic E-state index is 0.521. The summed E-state index contributed by atoms with van der Waals surface area (Å²) in [6, 6.07) is 4.70. The molecule has 1 saturated heterocycles. The van der Waals surface area contributed by atoms with Crippen LogP contribution in [-0.4, -0.2) is 36.8 Å². The Balaban J connectivity index is 1.68. The van der Waals surface area contributed by atoms with Gasteiger partial charge in [0.1, 0.15) is 11.5 Å². The van der Waals surface area contributed by atoms with Crippen LogP contribution in [0.25, 0.3) is 0 Å². The Bertz CT molecular complexity index is 361. The van der Waals surface area contributed by atoms with E-state index in [2.05, 4.69) is 35.5 Å². The first-order chi connectivity index (χ1) is 9.28. The van der Waals surface area contributed by atoms with Gasteiger partial charge in [-0.2, -0.15) is 11.8 Å². The molecule has 0 aromatic carbocycles. The first-order valence-electron chi connectivity index (χ1n) is 7.30. The smallest absolute Gasteiger partial charge is 0.118 e. The average molecular weight is 282 g/mol. The highest BCUT2D eigenvalue weighted by Crippen LogP contribution is 2.13. The van der Waals surface area contributed by atoms with Gasteiger partial charge in [0.15, 0.2) is 0 Å². The monoisotopic (exact) mass is 282 g/mol. The molecular formula is C15H26N2OS. The van der Waals surface area contributed by atoms with Crippen molar-refractivity contribution in [2.45, 2.75) is 44.5 Å². The lowest BCUT2D eigenvalue weighted by atomic mass is 10.1. The summed E-state index contributed by atoms with van der Waals surface area (Å²) in [6.07, 6.45) is 6.23. The quantitative estimate of drug-likeness (QED) is 0.832. The van der Waals surface area contributed by atoms with Crippen LogP contribution in [0.2, 0.25) is 0 Å². The molecule has 4 heteroatoms.